The Bertz CT molecular complexity index is 736. The van der Waals surface area contributed by atoms with E-state index in [0.29, 0.717) is 12.2 Å². The quantitative estimate of drug-likeness (QED) is 0.847. The van der Waals surface area contributed by atoms with Gasteiger partial charge in [-0.2, -0.15) is 5.26 Å². The Morgan fingerprint density at radius 3 is 2.52 bits per heavy atom. The van der Waals surface area contributed by atoms with Crippen LogP contribution < -0.4 is 9.64 Å². The van der Waals surface area contributed by atoms with Crippen molar-refractivity contribution >= 4 is 11.6 Å². The second-order valence-corrected chi connectivity index (χ2v) is 4.99. The zero-order valence-electron chi connectivity index (χ0n) is 13.0. The van der Waals surface area contributed by atoms with Crippen LogP contribution >= 0.6 is 0 Å². The molecular formula is C18H17FN2O2. The van der Waals surface area contributed by atoms with E-state index < -0.39 is 5.82 Å². The first-order valence-electron chi connectivity index (χ1n) is 7.21. The molecule has 0 bridgehead atoms. The van der Waals surface area contributed by atoms with Crippen molar-refractivity contribution in [3.05, 3.63) is 59.4 Å². The molecule has 2 rings (SSSR count). The highest BCUT2D eigenvalue weighted by Crippen LogP contribution is 2.22. The largest absolute Gasteiger partial charge is 0.497 e. The molecule has 0 heterocycles. The van der Waals surface area contributed by atoms with E-state index in [4.69, 9.17) is 10.00 Å². The number of methoxy groups -OCH3 is 1. The summed E-state index contributed by atoms with van der Waals surface area (Å²) in [5.41, 5.74) is 1.45. The molecule has 23 heavy (non-hydrogen) atoms. The Morgan fingerprint density at radius 1 is 1.26 bits per heavy atom. The van der Waals surface area contributed by atoms with Crippen molar-refractivity contribution in [3.8, 4) is 11.8 Å². The molecule has 0 N–H and O–H groups in total. The van der Waals surface area contributed by atoms with Gasteiger partial charge in [-0.1, -0.05) is 19.1 Å². The fraction of sp³-hybridized carbons (Fsp3) is 0.222. The minimum atomic E-state index is -0.539. The monoisotopic (exact) mass is 312 g/mol. The second-order valence-electron chi connectivity index (χ2n) is 4.99. The van der Waals surface area contributed by atoms with Crippen molar-refractivity contribution in [1.82, 2.24) is 0 Å². The van der Waals surface area contributed by atoms with Crippen LogP contribution in [0.5, 0.6) is 5.75 Å². The summed E-state index contributed by atoms with van der Waals surface area (Å²) in [6.45, 7) is 2.04. The number of anilines is 1. The summed E-state index contributed by atoms with van der Waals surface area (Å²) in [4.78, 5) is 13.7. The van der Waals surface area contributed by atoms with E-state index in [1.165, 1.54) is 17.0 Å². The van der Waals surface area contributed by atoms with Gasteiger partial charge in [-0.25, -0.2) is 4.39 Å². The van der Waals surface area contributed by atoms with E-state index in [9.17, 15) is 9.18 Å². The first kappa shape index (κ1) is 16.5. The number of ether oxygens (including phenoxy) is 1. The van der Waals surface area contributed by atoms with Gasteiger partial charge in [0.25, 0.3) is 0 Å². The van der Waals surface area contributed by atoms with Gasteiger partial charge in [0.15, 0.2) is 0 Å². The number of halogens is 1. The average Bonchev–Trinajstić information content (AvgIpc) is 2.58. The molecule has 1 amide bonds. The Kier molecular flexibility index (Phi) is 5.32. The van der Waals surface area contributed by atoms with Gasteiger partial charge in [-0.05, 0) is 35.9 Å². The molecule has 0 saturated carbocycles. The summed E-state index contributed by atoms with van der Waals surface area (Å²) < 4.78 is 18.8. The SMILES string of the molecule is CCC(=O)N(Cc1ccc(OC)cc1)c1cc(F)cc(C#N)c1. The Morgan fingerprint density at radius 2 is 1.96 bits per heavy atom. The zero-order valence-corrected chi connectivity index (χ0v) is 13.0. The van der Waals surface area contributed by atoms with E-state index >= 15 is 0 Å². The van der Waals surface area contributed by atoms with Gasteiger partial charge in [0.2, 0.25) is 5.91 Å². The van der Waals surface area contributed by atoms with Crippen molar-refractivity contribution in [1.29, 1.82) is 5.26 Å². The van der Waals surface area contributed by atoms with Crippen LogP contribution in [0.1, 0.15) is 24.5 Å². The van der Waals surface area contributed by atoms with Crippen molar-refractivity contribution in [2.75, 3.05) is 12.0 Å². The highest BCUT2D eigenvalue weighted by atomic mass is 19.1. The fourth-order valence-electron chi connectivity index (χ4n) is 2.22. The molecule has 2 aromatic carbocycles. The van der Waals surface area contributed by atoms with E-state index in [1.807, 2.05) is 18.2 Å². The molecule has 0 aromatic heterocycles. The van der Waals surface area contributed by atoms with Crippen LogP contribution in [0.2, 0.25) is 0 Å². The summed E-state index contributed by atoms with van der Waals surface area (Å²) in [6.07, 6.45) is 0.286. The normalized spacial score (nSPS) is 10.0. The predicted molar refractivity (Wildman–Crippen MR) is 85.6 cm³/mol. The van der Waals surface area contributed by atoms with Gasteiger partial charge >= 0.3 is 0 Å². The average molecular weight is 312 g/mol. The molecule has 0 unspecified atom stereocenters. The van der Waals surface area contributed by atoms with Crippen LogP contribution in [0.15, 0.2) is 42.5 Å². The van der Waals surface area contributed by atoms with E-state index in [-0.39, 0.29) is 17.9 Å². The summed E-state index contributed by atoms with van der Waals surface area (Å²) in [5, 5.41) is 8.98. The van der Waals surface area contributed by atoms with Gasteiger partial charge in [-0.3, -0.25) is 4.79 Å². The van der Waals surface area contributed by atoms with Crippen LogP contribution in [0.25, 0.3) is 0 Å². The van der Waals surface area contributed by atoms with Crippen molar-refractivity contribution in [2.24, 2.45) is 0 Å². The van der Waals surface area contributed by atoms with Gasteiger partial charge in [0, 0.05) is 12.1 Å². The van der Waals surface area contributed by atoms with Gasteiger partial charge in [0.1, 0.15) is 11.6 Å². The number of rotatable bonds is 5. The van der Waals surface area contributed by atoms with Gasteiger partial charge in [0.05, 0.1) is 25.3 Å². The number of nitriles is 1. The van der Waals surface area contributed by atoms with Crippen LogP contribution in [0.3, 0.4) is 0 Å². The molecular weight excluding hydrogens is 295 g/mol. The highest BCUT2D eigenvalue weighted by Gasteiger charge is 2.16. The molecule has 0 atom stereocenters. The summed E-state index contributed by atoms with van der Waals surface area (Å²) in [6, 6.07) is 13.1. The molecule has 118 valence electrons. The van der Waals surface area contributed by atoms with Crippen LogP contribution in [0, 0.1) is 17.1 Å². The number of carbonyl (C=O) groups excluding carboxylic acids is 1. The molecule has 2 aromatic rings. The number of hydrogen-bond acceptors (Lipinski definition) is 3. The van der Waals surface area contributed by atoms with Crippen LogP contribution in [-0.2, 0) is 11.3 Å². The lowest BCUT2D eigenvalue weighted by molar-refractivity contribution is -0.118. The number of carbonyl (C=O) groups is 1. The second kappa shape index (κ2) is 7.41. The molecule has 0 radical (unpaired) electrons. The minimum absolute atomic E-state index is 0.143. The summed E-state index contributed by atoms with van der Waals surface area (Å²) >= 11 is 0. The Balaban J connectivity index is 2.35. The number of benzene rings is 2. The summed E-state index contributed by atoms with van der Waals surface area (Å²) in [5.74, 6) is 0.0395. The maximum Gasteiger partial charge on any atom is 0.227 e. The molecule has 5 heteroatoms. The molecule has 0 aliphatic rings. The first-order chi connectivity index (χ1) is 11.1. The predicted octanol–water partition coefficient (Wildman–Crippen LogP) is 3.65. The maximum atomic E-state index is 13.7. The highest BCUT2D eigenvalue weighted by molar-refractivity contribution is 5.93. The molecule has 0 aliphatic heterocycles. The van der Waals surface area contributed by atoms with Crippen molar-refractivity contribution < 1.29 is 13.9 Å². The minimum Gasteiger partial charge on any atom is -0.497 e. The molecule has 0 saturated heterocycles. The fourth-order valence-corrected chi connectivity index (χ4v) is 2.22. The van der Waals surface area contributed by atoms with E-state index in [2.05, 4.69) is 0 Å². The van der Waals surface area contributed by atoms with Crippen molar-refractivity contribution in [3.63, 3.8) is 0 Å². The lowest BCUT2D eigenvalue weighted by Crippen LogP contribution is -2.29. The number of amides is 1. The zero-order chi connectivity index (χ0) is 16.8. The molecule has 0 spiro atoms. The van der Waals surface area contributed by atoms with E-state index in [1.54, 1.807) is 26.2 Å². The Hall–Kier alpha value is -2.87. The van der Waals surface area contributed by atoms with Crippen LogP contribution in [-0.4, -0.2) is 13.0 Å². The van der Waals surface area contributed by atoms with Crippen LogP contribution in [0.4, 0.5) is 10.1 Å². The van der Waals surface area contributed by atoms with E-state index in [0.717, 1.165) is 17.4 Å². The third-order valence-electron chi connectivity index (χ3n) is 3.43. The topological polar surface area (TPSA) is 53.3 Å². The number of hydrogen-bond donors (Lipinski definition) is 0. The standard InChI is InChI=1S/C18H17FN2O2/c1-3-18(22)21(12-13-4-6-17(23-2)7-5-13)16-9-14(11-20)8-15(19)10-16/h4-10H,3,12H2,1-2H3. The lowest BCUT2D eigenvalue weighted by Gasteiger charge is -2.23. The molecule has 0 fully saturated rings. The summed E-state index contributed by atoms with van der Waals surface area (Å²) in [7, 11) is 1.58. The lowest BCUT2D eigenvalue weighted by atomic mass is 10.1. The van der Waals surface area contributed by atoms with Gasteiger partial charge in [-0.15, -0.1) is 0 Å². The molecule has 4 nitrogen and oxygen atoms in total. The maximum absolute atomic E-state index is 13.7. The Labute approximate surface area is 134 Å². The molecule has 0 aliphatic carbocycles. The smallest absolute Gasteiger partial charge is 0.227 e. The first-order valence-corrected chi connectivity index (χ1v) is 7.21. The van der Waals surface area contributed by atoms with Crippen molar-refractivity contribution in [2.45, 2.75) is 19.9 Å². The third kappa shape index (κ3) is 4.07. The van der Waals surface area contributed by atoms with Gasteiger partial charge < -0.3 is 9.64 Å². The third-order valence-corrected chi connectivity index (χ3v) is 3.43. The number of nitrogens with zero attached hydrogens (tertiary/aromatic N) is 2.